The molecule has 1 aromatic carbocycles. The lowest BCUT2D eigenvalue weighted by Crippen LogP contribution is -2.31. The summed E-state index contributed by atoms with van der Waals surface area (Å²) in [5.41, 5.74) is 1.06. The van der Waals surface area contributed by atoms with E-state index in [0.717, 1.165) is 5.56 Å². The maximum absolute atomic E-state index is 12.9. The van der Waals surface area contributed by atoms with Crippen LogP contribution in [0.25, 0.3) is 0 Å². The molecule has 0 spiro atoms. The molecule has 0 amide bonds. The first kappa shape index (κ1) is 18.0. The van der Waals surface area contributed by atoms with Crippen molar-refractivity contribution in [2.24, 2.45) is 0 Å². The molecule has 1 fully saturated rings. The van der Waals surface area contributed by atoms with Crippen LogP contribution in [0.15, 0.2) is 36.7 Å². The van der Waals surface area contributed by atoms with Crippen LogP contribution in [0, 0.1) is 5.82 Å². The van der Waals surface area contributed by atoms with Crippen molar-refractivity contribution in [3.63, 3.8) is 0 Å². The van der Waals surface area contributed by atoms with Gasteiger partial charge in [-0.25, -0.2) is 12.8 Å². The van der Waals surface area contributed by atoms with Crippen LogP contribution in [0.3, 0.4) is 0 Å². The molecule has 8 heteroatoms. The van der Waals surface area contributed by atoms with E-state index < -0.39 is 21.5 Å². The molecule has 2 N–H and O–H groups in total. The number of halogens is 1. The third kappa shape index (κ3) is 4.26. The van der Waals surface area contributed by atoms with Crippen molar-refractivity contribution < 1.29 is 17.9 Å². The minimum atomic E-state index is -2.99. The summed E-state index contributed by atoms with van der Waals surface area (Å²) < 4.78 is 38.1. The lowest BCUT2D eigenvalue weighted by atomic mass is 10.0. The highest BCUT2D eigenvalue weighted by molar-refractivity contribution is 7.91. The molecule has 1 aliphatic heterocycles. The Morgan fingerprint density at radius 2 is 2.12 bits per heavy atom. The Balaban J connectivity index is 1.55. The van der Waals surface area contributed by atoms with Crippen molar-refractivity contribution >= 4 is 9.84 Å². The summed E-state index contributed by atoms with van der Waals surface area (Å²) in [7, 11) is -2.99. The smallest absolute Gasteiger partial charge is 0.152 e. The van der Waals surface area contributed by atoms with Gasteiger partial charge in [0.25, 0.3) is 0 Å². The lowest BCUT2D eigenvalue weighted by molar-refractivity contribution is 0.174. The minimum Gasteiger partial charge on any atom is -0.387 e. The third-order valence-electron chi connectivity index (χ3n) is 4.59. The molecule has 2 aromatic rings. The lowest BCUT2D eigenvalue weighted by Gasteiger charge is -2.22. The fourth-order valence-corrected chi connectivity index (χ4v) is 5.20. The zero-order chi connectivity index (χ0) is 18.1. The first-order valence-corrected chi connectivity index (χ1v) is 9.98. The Kier molecular flexibility index (Phi) is 4.95. The molecule has 0 radical (unpaired) electrons. The standard InChI is InChI=1S/C17H22FN3O3S/c1-17(6-7-25(23,24)12-17)21-11-13(9-20-21)8-19-10-16(22)14-2-4-15(18)5-3-14/h2-5,9,11,16,19,22H,6-8,10,12H2,1H3/t16-,17+/m1/s1. The number of benzene rings is 1. The van der Waals surface area contributed by atoms with Gasteiger partial charge in [0.1, 0.15) is 5.82 Å². The van der Waals surface area contributed by atoms with E-state index in [0.29, 0.717) is 25.1 Å². The van der Waals surface area contributed by atoms with Crippen molar-refractivity contribution in [3.05, 3.63) is 53.6 Å². The van der Waals surface area contributed by atoms with Crippen LogP contribution >= 0.6 is 0 Å². The van der Waals surface area contributed by atoms with Gasteiger partial charge in [0.05, 0.1) is 29.3 Å². The van der Waals surface area contributed by atoms with E-state index in [-0.39, 0.29) is 17.3 Å². The van der Waals surface area contributed by atoms with Crippen molar-refractivity contribution in [3.8, 4) is 0 Å². The molecule has 3 rings (SSSR count). The van der Waals surface area contributed by atoms with Crippen LogP contribution in [0.1, 0.15) is 30.6 Å². The van der Waals surface area contributed by atoms with Crippen LogP contribution in [-0.4, -0.2) is 41.4 Å². The summed E-state index contributed by atoms with van der Waals surface area (Å²) in [6.07, 6.45) is 3.38. The van der Waals surface area contributed by atoms with E-state index in [4.69, 9.17) is 0 Å². The van der Waals surface area contributed by atoms with Crippen molar-refractivity contribution in [1.82, 2.24) is 15.1 Å². The van der Waals surface area contributed by atoms with E-state index in [2.05, 4.69) is 10.4 Å². The first-order valence-electron chi connectivity index (χ1n) is 8.16. The first-order chi connectivity index (χ1) is 11.8. The second kappa shape index (κ2) is 6.86. The number of aliphatic hydroxyl groups is 1. The molecule has 136 valence electrons. The highest BCUT2D eigenvalue weighted by Crippen LogP contribution is 2.30. The predicted octanol–water partition coefficient (Wildman–Crippen LogP) is 1.38. The van der Waals surface area contributed by atoms with Crippen molar-refractivity contribution in [1.29, 1.82) is 0 Å². The number of hydrogen-bond acceptors (Lipinski definition) is 5. The molecule has 0 aliphatic carbocycles. The monoisotopic (exact) mass is 367 g/mol. The zero-order valence-corrected chi connectivity index (χ0v) is 14.8. The maximum atomic E-state index is 12.9. The summed E-state index contributed by atoms with van der Waals surface area (Å²) in [6.45, 7) is 2.73. The molecule has 2 atom stereocenters. The Labute approximate surface area is 146 Å². The highest BCUT2D eigenvalue weighted by atomic mass is 32.2. The van der Waals surface area contributed by atoms with Gasteiger partial charge in [-0.2, -0.15) is 5.10 Å². The summed E-state index contributed by atoms with van der Waals surface area (Å²) >= 11 is 0. The SMILES string of the molecule is C[C@]1(n2cc(CNC[C@@H](O)c3ccc(F)cc3)cn2)CCS(=O)(=O)C1. The predicted molar refractivity (Wildman–Crippen MR) is 92.2 cm³/mol. The molecule has 1 aliphatic rings. The second-order valence-electron chi connectivity index (χ2n) is 6.83. The van der Waals surface area contributed by atoms with Gasteiger partial charge >= 0.3 is 0 Å². The number of nitrogens with zero attached hydrogens (tertiary/aromatic N) is 2. The van der Waals surface area contributed by atoms with E-state index >= 15 is 0 Å². The van der Waals surface area contributed by atoms with Gasteiger partial charge in [-0.1, -0.05) is 12.1 Å². The van der Waals surface area contributed by atoms with Crippen molar-refractivity contribution in [2.75, 3.05) is 18.1 Å². The quantitative estimate of drug-likeness (QED) is 0.806. The van der Waals surface area contributed by atoms with E-state index in [1.807, 2.05) is 13.1 Å². The summed E-state index contributed by atoms with van der Waals surface area (Å²) in [5.74, 6) is -0.0303. The Hall–Kier alpha value is -1.77. The van der Waals surface area contributed by atoms with Crippen LogP contribution in [0.2, 0.25) is 0 Å². The molecule has 2 heterocycles. The number of sulfone groups is 1. The summed E-state index contributed by atoms with van der Waals surface area (Å²) in [6, 6.07) is 5.75. The maximum Gasteiger partial charge on any atom is 0.152 e. The van der Waals surface area contributed by atoms with Gasteiger partial charge in [0, 0.05) is 24.8 Å². The van der Waals surface area contributed by atoms with Gasteiger partial charge < -0.3 is 10.4 Å². The van der Waals surface area contributed by atoms with Gasteiger partial charge in [-0.15, -0.1) is 0 Å². The zero-order valence-electron chi connectivity index (χ0n) is 14.0. The fraction of sp³-hybridized carbons (Fsp3) is 0.471. The van der Waals surface area contributed by atoms with Gasteiger partial charge in [0.2, 0.25) is 0 Å². The number of hydrogen-bond donors (Lipinski definition) is 2. The Morgan fingerprint density at radius 3 is 2.76 bits per heavy atom. The van der Waals surface area contributed by atoms with Gasteiger partial charge in [0.15, 0.2) is 9.84 Å². The molecular weight excluding hydrogens is 345 g/mol. The Bertz CT molecular complexity index is 835. The largest absolute Gasteiger partial charge is 0.387 e. The highest BCUT2D eigenvalue weighted by Gasteiger charge is 2.40. The topological polar surface area (TPSA) is 84.2 Å². The minimum absolute atomic E-state index is 0.109. The molecule has 1 saturated heterocycles. The average Bonchev–Trinajstić information content (AvgIpc) is 3.13. The number of rotatable bonds is 6. The average molecular weight is 367 g/mol. The fourth-order valence-electron chi connectivity index (χ4n) is 3.08. The molecule has 1 aromatic heterocycles. The van der Waals surface area contributed by atoms with Crippen LogP contribution in [-0.2, 0) is 21.9 Å². The Morgan fingerprint density at radius 1 is 1.40 bits per heavy atom. The normalized spacial score (nSPS) is 23.6. The van der Waals surface area contributed by atoms with Crippen molar-refractivity contribution in [2.45, 2.75) is 31.5 Å². The number of aliphatic hydroxyl groups excluding tert-OH is 1. The van der Waals surface area contributed by atoms with Crippen LogP contribution in [0.5, 0.6) is 0 Å². The molecular formula is C17H22FN3O3S. The molecule has 6 nitrogen and oxygen atoms in total. The number of aromatic nitrogens is 2. The van der Waals surface area contributed by atoms with Crippen LogP contribution < -0.4 is 5.32 Å². The summed E-state index contributed by atoms with van der Waals surface area (Å²) in [5, 5.41) is 17.5. The molecule has 25 heavy (non-hydrogen) atoms. The van der Waals surface area contributed by atoms with Gasteiger partial charge in [-0.3, -0.25) is 4.68 Å². The van der Waals surface area contributed by atoms with E-state index in [9.17, 15) is 17.9 Å². The van der Waals surface area contributed by atoms with Crippen LogP contribution in [0.4, 0.5) is 4.39 Å². The second-order valence-corrected chi connectivity index (χ2v) is 9.01. The molecule has 0 unspecified atom stereocenters. The molecule has 0 saturated carbocycles. The van der Waals surface area contributed by atoms with E-state index in [1.54, 1.807) is 23.0 Å². The van der Waals surface area contributed by atoms with Gasteiger partial charge in [-0.05, 0) is 31.0 Å². The molecule has 0 bridgehead atoms. The summed E-state index contributed by atoms with van der Waals surface area (Å²) in [4.78, 5) is 0. The third-order valence-corrected chi connectivity index (χ3v) is 6.48. The van der Waals surface area contributed by atoms with E-state index in [1.165, 1.54) is 12.1 Å². The number of nitrogens with one attached hydrogen (secondary N) is 1.